The highest BCUT2D eigenvalue weighted by molar-refractivity contribution is 7.91. The number of hydrogen-bond donors (Lipinski definition) is 2. The molecule has 206 valence electrons. The first-order valence-corrected chi connectivity index (χ1v) is 12.3. The summed E-state index contributed by atoms with van der Waals surface area (Å²) in [5.41, 5.74) is 1.11. The van der Waals surface area contributed by atoms with Crippen molar-refractivity contribution in [2.24, 2.45) is 0 Å². The Morgan fingerprint density at radius 3 is 2.00 bits per heavy atom. The van der Waals surface area contributed by atoms with Gasteiger partial charge in [-0.2, -0.15) is 26.3 Å². The first-order chi connectivity index (χ1) is 17.7. The smallest absolute Gasteiger partial charge is 0.446 e. The first-order valence-electron chi connectivity index (χ1n) is 10.6. The number of ether oxygens (including phenoxy) is 1. The molecule has 2 aromatic carbocycles. The quantitative estimate of drug-likeness (QED) is 0.268. The molecule has 0 aliphatic rings. The second-order valence-electron chi connectivity index (χ2n) is 7.45. The Labute approximate surface area is 214 Å². The van der Waals surface area contributed by atoms with Crippen molar-refractivity contribution < 1.29 is 44.3 Å². The second-order valence-corrected chi connectivity index (χ2v) is 9.73. The van der Waals surface area contributed by atoms with E-state index >= 15 is 0 Å². The number of nitrogens with zero attached hydrogens (tertiary/aromatic N) is 2. The highest BCUT2D eigenvalue weighted by atomic mass is 32.2. The van der Waals surface area contributed by atoms with Crippen LogP contribution in [0.3, 0.4) is 0 Å². The zero-order valence-corrected chi connectivity index (χ0v) is 20.7. The Morgan fingerprint density at radius 2 is 1.50 bits per heavy atom. The summed E-state index contributed by atoms with van der Waals surface area (Å²) in [6.45, 7) is 1.56. The number of alkyl halides is 6. The topological polar surface area (TPSA) is 110 Å². The highest BCUT2D eigenvalue weighted by Gasteiger charge is 2.27. The molecule has 15 heteroatoms. The van der Waals surface area contributed by atoms with Crippen LogP contribution in [0, 0.1) is 0 Å². The molecule has 0 saturated heterocycles. The SMILES string of the molecule is CCS(=O)(=O)c1ccc(OC)c(Nc2cc(Nc3ccc(CC(F)(F)F)cc3)ncn2)c1.O=CC(F)(F)F. The Kier molecular flexibility index (Phi) is 10.0. The third-order valence-corrected chi connectivity index (χ3v) is 6.34. The van der Waals surface area contributed by atoms with Gasteiger partial charge < -0.3 is 15.4 Å². The summed E-state index contributed by atoms with van der Waals surface area (Å²) >= 11 is 0. The molecule has 1 aromatic heterocycles. The molecule has 3 aromatic rings. The van der Waals surface area contributed by atoms with Gasteiger partial charge in [-0.15, -0.1) is 0 Å². The molecular weight excluding hydrogens is 542 g/mol. The number of aromatic nitrogens is 2. The molecule has 38 heavy (non-hydrogen) atoms. The number of halogens is 6. The maximum atomic E-state index is 12.5. The molecule has 1 heterocycles. The lowest BCUT2D eigenvalue weighted by Gasteiger charge is -2.13. The zero-order chi connectivity index (χ0) is 28.6. The van der Waals surface area contributed by atoms with Crippen molar-refractivity contribution in [1.82, 2.24) is 9.97 Å². The Bertz CT molecular complexity index is 1330. The summed E-state index contributed by atoms with van der Waals surface area (Å²) in [6.07, 6.45) is -9.67. The Balaban J connectivity index is 0.000000757. The van der Waals surface area contributed by atoms with Gasteiger partial charge in [0.25, 0.3) is 0 Å². The van der Waals surface area contributed by atoms with Crippen molar-refractivity contribution in [2.45, 2.75) is 30.6 Å². The normalized spacial score (nSPS) is 11.7. The van der Waals surface area contributed by atoms with E-state index < -0.39 is 34.9 Å². The lowest BCUT2D eigenvalue weighted by molar-refractivity contribution is -0.156. The van der Waals surface area contributed by atoms with Crippen LogP contribution in [0.1, 0.15) is 12.5 Å². The Hall–Kier alpha value is -3.88. The monoisotopic (exact) mass is 564 g/mol. The number of carbonyl (C=O) groups is 1. The minimum atomic E-state index is -4.64. The van der Waals surface area contributed by atoms with E-state index in [2.05, 4.69) is 20.6 Å². The number of methoxy groups -OCH3 is 1. The largest absolute Gasteiger partial charge is 0.495 e. The molecule has 0 aliphatic carbocycles. The van der Waals surface area contributed by atoms with E-state index in [1.165, 1.54) is 49.8 Å². The van der Waals surface area contributed by atoms with E-state index in [0.29, 0.717) is 28.8 Å². The van der Waals surface area contributed by atoms with Gasteiger partial charge in [0.05, 0.1) is 29.9 Å². The van der Waals surface area contributed by atoms with E-state index in [0.717, 1.165) is 0 Å². The van der Waals surface area contributed by atoms with Crippen LogP contribution < -0.4 is 15.4 Å². The van der Waals surface area contributed by atoms with E-state index in [1.54, 1.807) is 19.1 Å². The third-order valence-electron chi connectivity index (χ3n) is 4.60. The molecule has 8 nitrogen and oxygen atoms in total. The van der Waals surface area contributed by atoms with Crippen LogP contribution in [-0.4, -0.2) is 49.9 Å². The molecule has 0 unspecified atom stereocenters. The molecular formula is C23H22F6N4O4S. The maximum absolute atomic E-state index is 12.5. The van der Waals surface area contributed by atoms with Gasteiger partial charge in [-0.05, 0) is 35.9 Å². The Morgan fingerprint density at radius 1 is 0.921 bits per heavy atom. The lowest BCUT2D eigenvalue weighted by Crippen LogP contribution is -2.11. The summed E-state index contributed by atoms with van der Waals surface area (Å²) < 4.78 is 98.4. The van der Waals surface area contributed by atoms with Gasteiger partial charge in [-0.1, -0.05) is 19.1 Å². The van der Waals surface area contributed by atoms with Crippen LogP contribution in [0.2, 0.25) is 0 Å². The van der Waals surface area contributed by atoms with E-state index in [-0.39, 0.29) is 16.2 Å². The predicted molar refractivity (Wildman–Crippen MR) is 128 cm³/mol. The number of nitrogens with one attached hydrogen (secondary N) is 2. The van der Waals surface area contributed by atoms with Crippen molar-refractivity contribution in [3.63, 3.8) is 0 Å². The fourth-order valence-corrected chi connectivity index (χ4v) is 3.77. The number of sulfone groups is 1. The number of carbonyl (C=O) groups excluding carboxylic acids is 1. The summed E-state index contributed by atoms with van der Waals surface area (Å²) in [4.78, 5) is 17.1. The molecule has 3 rings (SSSR count). The summed E-state index contributed by atoms with van der Waals surface area (Å²) in [5.74, 6) is 1.14. The molecule has 2 N–H and O–H groups in total. The van der Waals surface area contributed by atoms with Crippen LogP contribution in [-0.2, 0) is 21.1 Å². The van der Waals surface area contributed by atoms with Crippen LogP contribution in [0.15, 0.2) is 59.8 Å². The van der Waals surface area contributed by atoms with Gasteiger partial charge in [0, 0.05) is 11.8 Å². The maximum Gasteiger partial charge on any atom is 0.446 e. The van der Waals surface area contributed by atoms with Crippen molar-refractivity contribution in [3.8, 4) is 5.75 Å². The van der Waals surface area contributed by atoms with Crippen molar-refractivity contribution in [3.05, 3.63) is 60.4 Å². The standard InChI is InChI=1S/C21H21F3N4O3S.C2HF3O/c1-3-32(29,30)16-8-9-18(31-2)17(10-16)28-20-11-19(25-13-26-20)27-15-6-4-14(5-7-15)12-21(22,23)24;3-2(4,5)1-6/h4-11,13H,3,12H2,1-2H3,(H2,25,26,27,28);1H. The number of benzene rings is 2. The van der Waals surface area contributed by atoms with Gasteiger partial charge in [0.2, 0.25) is 6.29 Å². The second kappa shape index (κ2) is 12.6. The summed E-state index contributed by atoms with van der Waals surface area (Å²) in [6, 6.07) is 11.9. The molecule has 0 radical (unpaired) electrons. The molecule has 0 amide bonds. The average Bonchev–Trinajstić information content (AvgIpc) is 2.84. The molecule has 0 atom stereocenters. The fraction of sp³-hybridized carbons (Fsp3) is 0.261. The van der Waals surface area contributed by atoms with E-state index in [4.69, 9.17) is 9.53 Å². The van der Waals surface area contributed by atoms with Gasteiger partial charge in [0.1, 0.15) is 23.7 Å². The highest BCUT2D eigenvalue weighted by Crippen LogP contribution is 2.31. The summed E-state index contributed by atoms with van der Waals surface area (Å²) in [5, 5.41) is 6.01. The average molecular weight is 565 g/mol. The van der Waals surface area contributed by atoms with E-state index in [9.17, 15) is 34.8 Å². The number of hydrogen-bond acceptors (Lipinski definition) is 8. The van der Waals surface area contributed by atoms with Gasteiger partial charge >= 0.3 is 12.4 Å². The van der Waals surface area contributed by atoms with Crippen molar-refractivity contribution in [1.29, 1.82) is 0 Å². The van der Waals surface area contributed by atoms with E-state index in [1.807, 2.05) is 0 Å². The van der Waals surface area contributed by atoms with Crippen molar-refractivity contribution in [2.75, 3.05) is 23.5 Å². The predicted octanol–water partition coefficient (Wildman–Crippen LogP) is 5.62. The van der Waals surface area contributed by atoms with Crippen LogP contribution in [0.4, 0.5) is 49.4 Å². The molecule has 0 aliphatic heterocycles. The number of aldehydes is 1. The number of anilines is 4. The molecule has 0 bridgehead atoms. The lowest BCUT2D eigenvalue weighted by atomic mass is 10.1. The van der Waals surface area contributed by atoms with Crippen LogP contribution >= 0.6 is 0 Å². The molecule has 0 fully saturated rings. The van der Waals surface area contributed by atoms with Crippen molar-refractivity contribution >= 4 is 39.1 Å². The zero-order valence-electron chi connectivity index (χ0n) is 19.9. The molecule has 0 spiro atoms. The fourth-order valence-electron chi connectivity index (χ4n) is 2.86. The third kappa shape index (κ3) is 9.88. The van der Waals surface area contributed by atoms with Gasteiger partial charge in [-0.3, -0.25) is 4.79 Å². The minimum Gasteiger partial charge on any atom is -0.495 e. The summed E-state index contributed by atoms with van der Waals surface area (Å²) in [7, 11) is -1.95. The molecule has 0 saturated carbocycles. The minimum absolute atomic E-state index is 0.0396. The van der Waals surface area contributed by atoms with Crippen LogP contribution in [0.25, 0.3) is 0 Å². The van der Waals surface area contributed by atoms with Crippen LogP contribution in [0.5, 0.6) is 5.75 Å². The van der Waals surface area contributed by atoms with Gasteiger partial charge in [0.15, 0.2) is 9.84 Å². The first kappa shape index (κ1) is 30.3. The number of rotatable bonds is 8. The van der Waals surface area contributed by atoms with Gasteiger partial charge in [-0.25, -0.2) is 18.4 Å².